The highest BCUT2D eigenvalue weighted by atomic mass is 32.1. The highest BCUT2D eigenvalue weighted by molar-refractivity contribution is 7.09. The molecule has 0 saturated heterocycles. The first-order valence-corrected chi connectivity index (χ1v) is 9.48. The molecule has 2 aromatic carbocycles. The maximum absolute atomic E-state index is 14.1. The normalized spacial score (nSPS) is 10.8. The molecular formula is C19H16F2N6O2S. The molecule has 30 heavy (non-hydrogen) atoms. The van der Waals surface area contributed by atoms with Gasteiger partial charge in [0.05, 0.1) is 19.9 Å². The molecule has 0 bridgehead atoms. The number of hydrogen-bond acceptors (Lipinski definition) is 8. The second kappa shape index (κ2) is 8.03. The summed E-state index contributed by atoms with van der Waals surface area (Å²) >= 11 is 1.13. The Hall–Kier alpha value is -3.60. The monoisotopic (exact) mass is 430 g/mol. The topological polar surface area (TPSA) is 87.0 Å². The number of rotatable bonds is 6. The van der Waals surface area contributed by atoms with Crippen molar-refractivity contribution >= 4 is 22.4 Å². The molecule has 11 heteroatoms. The van der Waals surface area contributed by atoms with E-state index in [4.69, 9.17) is 9.47 Å². The number of nitrogens with one attached hydrogen (secondary N) is 1. The van der Waals surface area contributed by atoms with Gasteiger partial charge in [0, 0.05) is 29.4 Å². The van der Waals surface area contributed by atoms with Crippen molar-refractivity contribution in [2.45, 2.75) is 6.92 Å². The molecule has 2 heterocycles. The van der Waals surface area contributed by atoms with Gasteiger partial charge in [-0.15, -0.1) is 5.10 Å². The van der Waals surface area contributed by atoms with Crippen LogP contribution in [0.3, 0.4) is 0 Å². The molecule has 1 N–H and O–H groups in total. The average Bonchev–Trinajstić information content (AvgIpc) is 3.36. The Morgan fingerprint density at radius 1 is 1.03 bits per heavy atom. The van der Waals surface area contributed by atoms with E-state index < -0.39 is 11.6 Å². The van der Waals surface area contributed by atoms with Crippen molar-refractivity contribution in [2.24, 2.45) is 0 Å². The summed E-state index contributed by atoms with van der Waals surface area (Å²) < 4.78 is 43.7. The first-order valence-electron chi connectivity index (χ1n) is 8.71. The molecule has 0 fully saturated rings. The quantitative estimate of drug-likeness (QED) is 0.492. The van der Waals surface area contributed by atoms with Crippen molar-refractivity contribution in [3.63, 3.8) is 0 Å². The first-order chi connectivity index (χ1) is 14.5. The summed E-state index contributed by atoms with van der Waals surface area (Å²) in [6.45, 7) is 1.68. The molecule has 154 valence electrons. The van der Waals surface area contributed by atoms with E-state index in [1.807, 2.05) is 6.07 Å². The zero-order valence-electron chi connectivity index (χ0n) is 16.2. The fraction of sp³-hybridized carbons (Fsp3) is 0.158. The Morgan fingerprint density at radius 3 is 2.60 bits per heavy atom. The van der Waals surface area contributed by atoms with Gasteiger partial charge in [0.15, 0.2) is 23.0 Å². The summed E-state index contributed by atoms with van der Waals surface area (Å²) in [6.07, 6.45) is 0. The number of aromatic nitrogens is 5. The van der Waals surface area contributed by atoms with E-state index >= 15 is 0 Å². The van der Waals surface area contributed by atoms with E-state index in [1.165, 1.54) is 4.68 Å². The minimum Gasteiger partial charge on any atom is -0.493 e. The number of methoxy groups -OCH3 is 2. The molecule has 0 radical (unpaired) electrons. The predicted molar refractivity (Wildman–Crippen MR) is 108 cm³/mol. The Balaban J connectivity index is 1.61. The zero-order valence-corrected chi connectivity index (χ0v) is 17.0. The van der Waals surface area contributed by atoms with Gasteiger partial charge < -0.3 is 14.8 Å². The lowest BCUT2D eigenvalue weighted by molar-refractivity contribution is 0.355. The van der Waals surface area contributed by atoms with E-state index in [0.717, 1.165) is 35.4 Å². The van der Waals surface area contributed by atoms with Crippen LogP contribution >= 0.6 is 11.5 Å². The number of anilines is 2. The number of benzene rings is 2. The lowest BCUT2D eigenvalue weighted by Gasteiger charge is -2.09. The van der Waals surface area contributed by atoms with E-state index in [0.29, 0.717) is 33.8 Å². The van der Waals surface area contributed by atoms with Gasteiger partial charge in [-0.05, 0) is 31.2 Å². The van der Waals surface area contributed by atoms with Gasteiger partial charge in [-0.2, -0.15) is 9.36 Å². The Morgan fingerprint density at radius 2 is 1.83 bits per heavy atom. The number of hydrogen-bond donors (Lipinski definition) is 1. The van der Waals surface area contributed by atoms with E-state index in [2.05, 4.69) is 25.0 Å². The Labute approximate surface area is 174 Å². The van der Waals surface area contributed by atoms with Crippen molar-refractivity contribution in [1.82, 2.24) is 24.4 Å². The van der Waals surface area contributed by atoms with Gasteiger partial charge in [0.1, 0.15) is 17.3 Å². The van der Waals surface area contributed by atoms with Crippen LogP contribution in [0.25, 0.3) is 17.2 Å². The third kappa shape index (κ3) is 3.66. The first kappa shape index (κ1) is 19.7. The second-order valence-electron chi connectivity index (χ2n) is 6.15. The summed E-state index contributed by atoms with van der Waals surface area (Å²) in [5.74, 6) is 0.318. The van der Waals surface area contributed by atoms with Gasteiger partial charge in [0.25, 0.3) is 0 Å². The lowest BCUT2D eigenvalue weighted by Crippen LogP contribution is -2.03. The molecule has 0 spiro atoms. The molecule has 2 aromatic heterocycles. The molecule has 0 aliphatic rings. The van der Waals surface area contributed by atoms with Gasteiger partial charge >= 0.3 is 0 Å². The number of halogens is 2. The fourth-order valence-electron chi connectivity index (χ4n) is 2.82. The van der Waals surface area contributed by atoms with E-state index in [9.17, 15) is 8.78 Å². The second-order valence-corrected chi connectivity index (χ2v) is 6.90. The van der Waals surface area contributed by atoms with E-state index in [-0.39, 0.29) is 5.69 Å². The van der Waals surface area contributed by atoms with Crippen LogP contribution in [-0.2, 0) is 0 Å². The molecule has 0 atom stereocenters. The van der Waals surface area contributed by atoms with Crippen LogP contribution in [0.5, 0.6) is 11.5 Å². The molecule has 0 amide bonds. The maximum Gasteiger partial charge on any atom is 0.207 e. The summed E-state index contributed by atoms with van der Waals surface area (Å²) in [6, 6.07) is 8.49. The number of ether oxygens (including phenoxy) is 2. The minimum atomic E-state index is -0.613. The number of nitrogens with zero attached hydrogens (tertiary/aromatic N) is 5. The van der Waals surface area contributed by atoms with Crippen LogP contribution in [0.2, 0.25) is 0 Å². The molecule has 4 aromatic rings. The Kier molecular flexibility index (Phi) is 5.27. The third-order valence-electron chi connectivity index (χ3n) is 4.30. The molecule has 0 saturated carbocycles. The van der Waals surface area contributed by atoms with Gasteiger partial charge in [0.2, 0.25) is 5.13 Å². The fourth-order valence-corrected chi connectivity index (χ4v) is 3.41. The molecule has 4 rings (SSSR count). The van der Waals surface area contributed by atoms with Crippen LogP contribution in [0.15, 0.2) is 36.4 Å². The van der Waals surface area contributed by atoms with Crippen LogP contribution in [-0.4, -0.2) is 38.6 Å². The van der Waals surface area contributed by atoms with E-state index in [1.54, 1.807) is 33.3 Å². The highest BCUT2D eigenvalue weighted by Gasteiger charge is 2.19. The highest BCUT2D eigenvalue weighted by Crippen LogP contribution is 2.32. The van der Waals surface area contributed by atoms with Crippen LogP contribution < -0.4 is 14.8 Å². The SMILES string of the molecule is COc1ccc(Nc2nc(-c3nnn(-c4cc(F)ccc4F)c3C)ns2)cc1OC. The molecular weight excluding hydrogens is 414 g/mol. The van der Waals surface area contributed by atoms with Crippen molar-refractivity contribution in [3.05, 3.63) is 53.7 Å². The molecule has 0 aliphatic carbocycles. The lowest BCUT2D eigenvalue weighted by atomic mass is 10.2. The summed E-state index contributed by atoms with van der Waals surface area (Å²) in [5.41, 5.74) is 1.55. The van der Waals surface area contributed by atoms with Gasteiger partial charge in [-0.1, -0.05) is 5.21 Å². The molecule has 0 aliphatic heterocycles. The van der Waals surface area contributed by atoms with Crippen LogP contribution in [0, 0.1) is 18.6 Å². The predicted octanol–water partition coefficient (Wildman–Crippen LogP) is 4.13. The van der Waals surface area contributed by atoms with Gasteiger partial charge in [-0.25, -0.2) is 13.5 Å². The van der Waals surface area contributed by atoms with Gasteiger partial charge in [-0.3, -0.25) is 0 Å². The largest absolute Gasteiger partial charge is 0.493 e. The third-order valence-corrected chi connectivity index (χ3v) is 4.93. The maximum atomic E-state index is 14.1. The summed E-state index contributed by atoms with van der Waals surface area (Å²) in [7, 11) is 3.12. The summed E-state index contributed by atoms with van der Waals surface area (Å²) in [5, 5.41) is 11.6. The summed E-state index contributed by atoms with van der Waals surface area (Å²) in [4.78, 5) is 4.42. The van der Waals surface area contributed by atoms with Crippen molar-refractivity contribution < 1.29 is 18.3 Å². The van der Waals surface area contributed by atoms with Crippen molar-refractivity contribution in [1.29, 1.82) is 0 Å². The van der Waals surface area contributed by atoms with Crippen molar-refractivity contribution in [2.75, 3.05) is 19.5 Å². The zero-order chi connectivity index (χ0) is 21.3. The standard InChI is InChI=1S/C19H16F2N6O2S/c1-10-17(24-26-27(10)14-8-11(20)4-6-13(14)21)18-23-19(30-25-18)22-12-5-7-15(28-2)16(9-12)29-3/h4-9H,1-3H3,(H,22,23,25). The minimum absolute atomic E-state index is 0.0369. The van der Waals surface area contributed by atoms with Crippen LogP contribution in [0.1, 0.15) is 5.69 Å². The Bertz CT molecular complexity index is 1210. The molecule has 8 nitrogen and oxygen atoms in total. The molecule has 0 unspecified atom stereocenters. The van der Waals surface area contributed by atoms with Crippen molar-refractivity contribution in [3.8, 4) is 28.7 Å². The smallest absolute Gasteiger partial charge is 0.207 e. The van der Waals surface area contributed by atoms with Crippen LogP contribution in [0.4, 0.5) is 19.6 Å². The average molecular weight is 430 g/mol.